The summed E-state index contributed by atoms with van der Waals surface area (Å²) in [6, 6.07) is 19.5. The van der Waals surface area contributed by atoms with Crippen molar-refractivity contribution >= 4 is 5.82 Å². The van der Waals surface area contributed by atoms with Gasteiger partial charge in [0, 0.05) is 35.2 Å². The number of piperidine rings is 1. The Morgan fingerprint density at radius 1 is 0.710 bits per heavy atom. The lowest BCUT2D eigenvalue weighted by Crippen LogP contribution is -2.40. The smallest absolute Gasteiger partial charge is 0.162 e. The van der Waals surface area contributed by atoms with E-state index in [1.54, 1.807) is 0 Å². The Morgan fingerprint density at radius 3 is 2.23 bits per heavy atom. The fraction of sp³-hybridized carbons (Fsp3) is 0.429. The number of aromatic nitrogens is 2. The number of anilines is 1. The molecular formula is C28H31N3. The van der Waals surface area contributed by atoms with Gasteiger partial charge in [0.2, 0.25) is 0 Å². The van der Waals surface area contributed by atoms with Gasteiger partial charge >= 0.3 is 0 Å². The highest BCUT2D eigenvalue weighted by molar-refractivity contribution is 5.79. The third-order valence-electron chi connectivity index (χ3n) is 7.72. The average Bonchev–Trinajstić information content (AvgIpc) is 2.85. The van der Waals surface area contributed by atoms with Crippen LogP contribution >= 0.6 is 0 Å². The molecule has 1 aromatic heterocycles. The maximum absolute atomic E-state index is 5.32. The number of hydrogen-bond acceptors (Lipinski definition) is 3. The maximum atomic E-state index is 5.32. The number of rotatable bonds is 2. The molecule has 0 N–H and O–H groups in total. The molecule has 2 heterocycles. The summed E-state index contributed by atoms with van der Waals surface area (Å²) in [6.45, 7) is 2.24. The summed E-state index contributed by atoms with van der Waals surface area (Å²) in [5.41, 5.74) is 6.78. The molecule has 0 radical (unpaired) electrons. The minimum atomic E-state index is 0.198. The number of hydrogen-bond donors (Lipinski definition) is 0. The molecule has 3 aromatic rings. The van der Waals surface area contributed by atoms with Crippen molar-refractivity contribution in [1.82, 2.24) is 9.97 Å². The van der Waals surface area contributed by atoms with Gasteiger partial charge in [0.05, 0.1) is 5.69 Å². The monoisotopic (exact) mass is 409 g/mol. The molecule has 3 heteroatoms. The number of fused-ring (bicyclic) bond motifs is 4. The van der Waals surface area contributed by atoms with Crippen molar-refractivity contribution in [3.8, 4) is 22.6 Å². The van der Waals surface area contributed by atoms with Crippen molar-refractivity contribution < 1.29 is 0 Å². The van der Waals surface area contributed by atoms with Gasteiger partial charge in [-0.25, -0.2) is 9.97 Å². The maximum Gasteiger partial charge on any atom is 0.162 e. The highest BCUT2D eigenvalue weighted by Crippen LogP contribution is 2.53. The van der Waals surface area contributed by atoms with E-state index in [2.05, 4.69) is 59.5 Å². The Hall–Kier alpha value is -2.68. The van der Waals surface area contributed by atoms with Crippen molar-refractivity contribution in [2.75, 3.05) is 18.0 Å². The first-order chi connectivity index (χ1) is 15.3. The summed E-state index contributed by atoms with van der Waals surface area (Å²) in [5.74, 6) is 2.11. The van der Waals surface area contributed by atoms with Crippen LogP contribution in [0.3, 0.4) is 0 Å². The summed E-state index contributed by atoms with van der Waals surface area (Å²) in [7, 11) is 0. The van der Waals surface area contributed by atoms with Crippen LogP contribution < -0.4 is 4.90 Å². The highest BCUT2D eigenvalue weighted by atomic mass is 15.2. The van der Waals surface area contributed by atoms with Crippen LogP contribution in [0.25, 0.3) is 22.6 Å². The predicted octanol–water partition coefficient (Wildman–Crippen LogP) is 6.56. The van der Waals surface area contributed by atoms with Gasteiger partial charge in [-0.05, 0) is 44.1 Å². The van der Waals surface area contributed by atoms with Crippen molar-refractivity contribution in [3.63, 3.8) is 0 Å². The molecule has 0 unspecified atom stereocenters. The Morgan fingerprint density at radius 2 is 1.42 bits per heavy atom. The molecule has 0 atom stereocenters. The van der Waals surface area contributed by atoms with Crippen molar-refractivity contribution in [1.29, 1.82) is 0 Å². The van der Waals surface area contributed by atoms with E-state index >= 15 is 0 Å². The average molecular weight is 410 g/mol. The molecule has 158 valence electrons. The third-order valence-corrected chi connectivity index (χ3v) is 7.72. The molecule has 2 aliphatic carbocycles. The topological polar surface area (TPSA) is 29.0 Å². The zero-order valence-corrected chi connectivity index (χ0v) is 18.3. The van der Waals surface area contributed by atoms with Gasteiger partial charge in [0.25, 0.3) is 0 Å². The normalized spacial score (nSPS) is 19.7. The number of benzene rings is 2. The molecule has 2 fully saturated rings. The molecule has 3 nitrogen and oxygen atoms in total. The van der Waals surface area contributed by atoms with Crippen molar-refractivity contribution in [2.24, 2.45) is 0 Å². The SMILES string of the molecule is c1ccc(-c2nc3c(c(N4CCCCC4)n2)C2(CCCCC2)Cc2ccccc2-3)cc1. The predicted molar refractivity (Wildman–Crippen MR) is 127 cm³/mol. The lowest BCUT2D eigenvalue weighted by Gasteiger charge is -2.45. The van der Waals surface area contributed by atoms with Crippen LogP contribution in [-0.4, -0.2) is 23.1 Å². The second-order valence-corrected chi connectivity index (χ2v) is 9.68. The zero-order valence-electron chi connectivity index (χ0n) is 18.3. The first kappa shape index (κ1) is 19.0. The van der Waals surface area contributed by atoms with Crippen LogP contribution in [0.5, 0.6) is 0 Å². The van der Waals surface area contributed by atoms with Gasteiger partial charge in [-0.1, -0.05) is 73.9 Å². The zero-order chi connectivity index (χ0) is 20.7. The van der Waals surface area contributed by atoms with E-state index < -0.39 is 0 Å². The van der Waals surface area contributed by atoms with Gasteiger partial charge in [0.15, 0.2) is 5.82 Å². The Balaban J connectivity index is 1.63. The molecule has 0 amide bonds. The standard InChI is InChI=1S/C28H31N3/c1-4-12-21(13-5-1)26-29-25-23-15-7-6-14-22(23)20-28(16-8-2-9-17-28)24(25)27(30-26)31-18-10-3-11-19-31/h1,4-7,12-15H,2-3,8-11,16-20H2. The van der Waals surface area contributed by atoms with Crippen LogP contribution in [-0.2, 0) is 11.8 Å². The molecule has 1 saturated heterocycles. The van der Waals surface area contributed by atoms with Crippen molar-refractivity contribution in [2.45, 2.75) is 63.2 Å². The number of nitrogens with zero attached hydrogens (tertiary/aromatic N) is 3. The van der Waals surface area contributed by atoms with E-state index in [4.69, 9.17) is 9.97 Å². The lowest BCUT2D eigenvalue weighted by atomic mass is 9.62. The van der Waals surface area contributed by atoms with Crippen LogP contribution in [0.15, 0.2) is 54.6 Å². The van der Waals surface area contributed by atoms with E-state index in [0.717, 1.165) is 30.9 Å². The molecule has 0 bridgehead atoms. The molecule has 1 spiro atoms. The second-order valence-electron chi connectivity index (χ2n) is 9.68. The minimum absolute atomic E-state index is 0.198. The Kier molecular flexibility index (Phi) is 4.78. The second kappa shape index (κ2) is 7.78. The van der Waals surface area contributed by atoms with E-state index in [1.807, 2.05) is 0 Å². The van der Waals surface area contributed by atoms with Crippen LogP contribution in [0.2, 0.25) is 0 Å². The van der Waals surface area contributed by atoms with Gasteiger partial charge in [-0.2, -0.15) is 0 Å². The minimum Gasteiger partial charge on any atom is -0.356 e. The van der Waals surface area contributed by atoms with E-state index in [9.17, 15) is 0 Å². The fourth-order valence-corrected chi connectivity index (χ4v) is 6.20. The molecule has 3 aliphatic rings. The largest absolute Gasteiger partial charge is 0.356 e. The summed E-state index contributed by atoms with van der Waals surface area (Å²) in [6.07, 6.45) is 11.6. The van der Waals surface area contributed by atoms with Gasteiger partial charge in [-0.3, -0.25) is 0 Å². The van der Waals surface area contributed by atoms with E-state index in [-0.39, 0.29) is 5.41 Å². The lowest BCUT2D eigenvalue weighted by molar-refractivity contribution is 0.287. The fourth-order valence-electron chi connectivity index (χ4n) is 6.20. The van der Waals surface area contributed by atoms with Crippen molar-refractivity contribution in [3.05, 3.63) is 65.7 Å². The molecule has 2 aromatic carbocycles. The summed E-state index contributed by atoms with van der Waals surface area (Å²) >= 11 is 0. The van der Waals surface area contributed by atoms with Crippen LogP contribution in [0, 0.1) is 0 Å². The van der Waals surface area contributed by atoms with Gasteiger partial charge in [0.1, 0.15) is 5.82 Å². The van der Waals surface area contributed by atoms with Gasteiger partial charge in [-0.15, -0.1) is 0 Å². The molecule has 1 saturated carbocycles. The summed E-state index contributed by atoms with van der Waals surface area (Å²) in [5, 5.41) is 0. The molecule has 31 heavy (non-hydrogen) atoms. The van der Waals surface area contributed by atoms with Gasteiger partial charge < -0.3 is 4.90 Å². The third kappa shape index (κ3) is 3.26. The van der Waals surface area contributed by atoms with E-state index in [1.165, 1.54) is 79.6 Å². The summed E-state index contributed by atoms with van der Waals surface area (Å²) in [4.78, 5) is 13.2. The Labute approximate surface area is 185 Å². The first-order valence-electron chi connectivity index (χ1n) is 12.2. The molecular weight excluding hydrogens is 378 g/mol. The van der Waals surface area contributed by atoms with E-state index in [0.29, 0.717) is 0 Å². The Bertz CT molecular complexity index is 1080. The van der Waals surface area contributed by atoms with Crippen LogP contribution in [0.1, 0.15) is 62.5 Å². The highest BCUT2D eigenvalue weighted by Gasteiger charge is 2.44. The molecule has 6 rings (SSSR count). The molecule has 1 aliphatic heterocycles. The summed E-state index contributed by atoms with van der Waals surface area (Å²) < 4.78 is 0. The quantitative estimate of drug-likeness (QED) is 0.480. The first-order valence-corrected chi connectivity index (χ1v) is 12.2. The van der Waals surface area contributed by atoms with Crippen LogP contribution in [0.4, 0.5) is 5.82 Å².